The number of rotatable bonds is 5. The lowest BCUT2D eigenvalue weighted by molar-refractivity contribution is -0.129. The Kier molecular flexibility index (Phi) is 6.36. The van der Waals surface area contributed by atoms with Crippen molar-refractivity contribution in [3.63, 3.8) is 0 Å². The molecule has 0 spiro atoms. The Morgan fingerprint density at radius 2 is 1.83 bits per heavy atom. The molecule has 5 heteroatoms. The number of hydrogen-bond acceptors (Lipinski definition) is 3. The predicted molar refractivity (Wildman–Crippen MR) is 93.1 cm³/mol. The van der Waals surface area contributed by atoms with Crippen LogP contribution in [0.5, 0.6) is 0 Å². The molecule has 1 saturated carbocycles. The fourth-order valence-electron chi connectivity index (χ4n) is 2.99. The molecule has 1 aromatic carbocycles. The summed E-state index contributed by atoms with van der Waals surface area (Å²) in [5.74, 6) is 0.0455. The van der Waals surface area contributed by atoms with Crippen molar-refractivity contribution in [1.29, 1.82) is 5.26 Å². The smallest absolute Gasteiger partial charge is 0.227 e. The van der Waals surface area contributed by atoms with Crippen LogP contribution in [-0.4, -0.2) is 17.9 Å². The lowest BCUT2D eigenvalue weighted by Crippen LogP contribution is -2.39. The zero-order valence-corrected chi connectivity index (χ0v) is 14.3. The third-order valence-corrected chi connectivity index (χ3v) is 4.73. The van der Waals surface area contributed by atoms with Crippen molar-refractivity contribution in [1.82, 2.24) is 5.32 Å². The van der Waals surface area contributed by atoms with Gasteiger partial charge in [0.2, 0.25) is 11.8 Å². The Balaban J connectivity index is 1.84. The van der Waals surface area contributed by atoms with Crippen LogP contribution in [0.4, 0.5) is 5.69 Å². The van der Waals surface area contributed by atoms with Crippen LogP contribution in [0, 0.1) is 23.2 Å². The molecular formula is C19H25N3O2. The number of nitrogens with zero attached hydrogens (tertiary/aromatic N) is 1. The summed E-state index contributed by atoms with van der Waals surface area (Å²) in [4.78, 5) is 24.5. The summed E-state index contributed by atoms with van der Waals surface area (Å²) < 4.78 is 0. The molecule has 24 heavy (non-hydrogen) atoms. The van der Waals surface area contributed by atoms with Gasteiger partial charge in [-0.3, -0.25) is 9.59 Å². The number of carbonyl (C=O) groups is 2. The van der Waals surface area contributed by atoms with Crippen molar-refractivity contribution in [3.8, 4) is 6.07 Å². The molecule has 2 amide bonds. The first-order valence-corrected chi connectivity index (χ1v) is 8.64. The average molecular weight is 327 g/mol. The minimum atomic E-state index is -0.0663. The second-order valence-corrected chi connectivity index (χ2v) is 6.55. The van der Waals surface area contributed by atoms with Crippen LogP contribution in [-0.2, 0) is 9.59 Å². The van der Waals surface area contributed by atoms with Crippen molar-refractivity contribution in [2.75, 3.05) is 5.32 Å². The maximum Gasteiger partial charge on any atom is 0.227 e. The molecule has 0 bridgehead atoms. The average Bonchev–Trinajstić information content (AvgIpc) is 2.61. The quantitative estimate of drug-likeness (QED) is 0.871. The van der Waals surface area contributed by atoms with Crippen molar-refractivity contribution < 1.29 is 9.59 Å². The maximum absolute atomic E-state index is 12.4. The molecular weight excluding hydrogens is 302 g/mol. The van der Waals surface area contributed by atoms with Gasteiger partial charge in [0.15, 0.2) is 0 Å². The number of carbonyl (C=O) groups excluding carboxylic acids is 2. The van der Waals surface area contributed by atoms with Crippen molar-refractivity contribution >= 4 is 17.5 Å². The number of nitrogens with one attached hydrogen (secondary N) is 2. The van der Waals surface area contributed by atoms with Gasteiger partial charge in [0, 0.05) is 23.6 Å². The first-order chi connectivity index (χ1) is 11.5. The van der Waals surface area contributed by atoms with Crippen molar-refractivity contribution in [2.24, 2.45) is 11.8 Å². The molecule has 1 unspecified atom stereocenters. The van der Waals surface area contributed by atoms with Gasteiger partial charge < -0.3 is 10.6 Å². The summed E-state index contributed by atoms with van der Waals surface area (Å²) in [5, 5.41) is 14.8. The van der Waals surface area contributed by atoms with Gasteiger partial charge in [0.25, 0.3) is 0 Å². The molecule has 2 rings (SSSR count). The van der Waals surface area contributed by atoms with Crippen LogP contribution in [0.15, 0.2) is 24.3 Å². The van der Waals surface area contributed by atoms with E-state index in [-0.39, 0.29) is 29.7 Å². The van der Waals surface area contributed by atoms with E-state index in [1.165, 1.54) is 0 Å². The van der Waals surface area contributed by atoms with Gasteiger partial charge >= 0.3 is 0 Å². The van der Waals surface area contributed by atoms with Crippen molar-refractivity contribution in [2.45, 2.75) is 52.0 Å². The van der Waals surface area contributed by atoms with Crippen LogP contribution in [0.2, 0.25) is 0 Å². The number of amides is 2. The highest BCUT2D eigenvalue weighted by Crippen LogP contribution is 2.30. The SMILES string of the molecule is CCC(C)NC(=O)C1CCC(C(=O)Nc2cccc(C#N)c2)CC1. The zero-order chi connectivity index (χ0) is 17.5. The largest absolute Gasteiger partial charge is 0.353 e. The Labute approximate surface area is 143 Å². The molecule has 0 aliphatic heterocycles. The third-order valence-electron chi connectivity index (χ3n) is 4.73. The molecule has 0 saturated heterocycles. The normalized spacial score (nSPS) is 21.4. The zero-order valence-electron chi connectivity index (χ0n) is 14.3. The molecule has 2 N–H and O–H groups in total. The van der Waals surface area contributed by atoms with E-state index in [0.29, 0.717) is 11.3 Å². The molecule has 0 heterocycles. The van der Waals surface area contributed by atoms with Gasteiger partial charge in [-0.05, 0) is 57.2 Å². The van der Waals surface area contributed by atoms with E-state index >= 15 is 0 Å². The minimum Gasteiger partial charge on any atom is -0.353 e. The van der Waals surface area contributed by atoms with Crippen LogP contribution >= 0.6 is 0 Å². The van der Waals surface area contributed by atoms with E-state index in [1.54, 1.807) is 24.3 Å². The standard InChI is InChI=1S/C19H25N3O2/c1-3-13(2)21-18(23)15-7-9-16(10-8-15)19(24)22-17-6-4-5-14(11-17)12-20/h4-6,11,13,15-16H,3,7-10H2,1-2H3,(H,21,23)(H,22,24). The molecule has 0 aromatic heterocycles. The number of hydrogen-bond donors (Lipinski definition) is 2. The van der Waals surface area contributed by atoms with Gasteiger partial charge in [-0.15, -0.1) is 0 Å². The fourth-order valence-corrected chi connectivity index (χ4v) is 2.99. The molecule has 5 nitrogen and oxygen atoms in total. The first kappa shape index (κ1) is 18.0. The van der Waals surface area contributed by atoms with Crippen molar-refractivity contribution in [3.05, 3.63) is 29.8 Å². The molecule has 1 fully saturated rings. The van der Waals surface area contributed by atoms with E-state index in [4.69, 9.17) is 5.26 Å². The Morgan fingerprint density at radius 1 is 1.21 bits per heavy atom. The molecule has 128 valence electrons. The molecule has 0 radical (unpaired) electrons. The summed E-state index contributed by atoms with van der Waals surface area (Å²) in [7, 11) is 0. The number of benzene rings is 1. The summed E-state index contributed by atoms with van der Waals surface area (Å²) in [6.45, 7) is 4.06. The van der Waals surface area contributed by atoms with Crippen LogP contribution in [0.25, 0.3) is 0 Å². The highest BCUT2D eigenvalue weighted by molar-refractivity contribution is 5.93. The summed E-state index contributed by atoms with van der Waals surface area (Å²) in [6, 6.07) is 9.17. The highest BCUT2D eigenvalue weighted by Gasteiger charge is 2.30. The van der Waals surface area contributed by atoms with Crippen LogP contribution in [0.3, 0.4) is 0 Å². The molecule has 1 atom stereocenters. The Hall–Kier alpha value is -2.35. The predicted octanol–water partition coefficient (Wildman–Crippen LogP) is 3.22. The van der Waals surface area contributed by atoms with E-state index in [2.05, 4.69) is 16.7 Å². The number of anilines is 1. The fraction of sp³-hybridized carbons (Fsp3) is 0.526. The maximum atomic E-state index is 12.4. The van der Waals surface area contributed by atoms with Gasteiger partial charge in [0.1, 0.15) is 0 Å². The summed E-state index contributed by atoms with van der Waals surface area (Å²) in [5.41, 5.74) is 1.17. The third kappa shape index (κ3) is 4.82. The van der Waals surface area contributed by atoms with E-state index in [1.807, 2.05) is 13.8 Å². The van der Waals surface area contributed by atoms with Gasteiger partial charge in [-0.1, -0.05) is 13.0 Å². The lowest BCUT2D eigenvalue weighted by atomic mass is 9.81. The Bertz CT molecular complexity index is 628. The minimum absolute atomic E-state index is 0.0185. The first-order valence-electron chi connectivity index (χ1n) is 8.64. The summed E-state index contributed by atoms with van der Waals surface area (Å²) >= 11 is 0. The van der Waals surface area contributed by atoms with E-state index in [9.17, 15) is 9.59 Å². The lowest BCUT2D eigenvalue weighted by Gasteiger charge is -2.28. The highest BCUT2D eigenvalue weighted by atomic mass is 16.2. The molecule has 1 aliphatic carbocycles. The van der Waals surface area contributed by atoms with E-state index < -0.39 is 0 Å². The molecule has 1 aliphatic rings. The van der Waals surface area contributed by atoms with Crippen LogP contribution < -0.4 is 10.6 Å². The van der Waals surface area contributed by atoms with Gasteiger partial charge in [-0.2, -0.15) is 5.26 Å². The van der Waals surface area contributed by atoms with Gasteiger partial charge in [-0.25, -0.2) is 0 Å². The van der Waals surface area contributed by atoms with Gasteiger partial charge in [0.05, 0.1) is 11.6 Å². The second kappa shape index (κ2) is 8.49. The Morgan fingerprint density at radius 3 is 2.42 bits per heavy atom. The van der Waals surface area contributed by atoms with E-state index in [0.717, 1.165) is 32.1 Å². The number of nitriles is 1. The monoisotopic (exact) mass is 327 g/mol. The summed E-state index contributed by atoms with van der Waals surface area (Å²) in [6.07, 6.45) is 3.87. The second-order valence-electron chi connectivity index (χ2n) is 6.55. The van der Waals surface area contributed by atoms with Crippen LogP contribution in [0.1, 0.15) is 51.5 Å². The topological polar surface area (TPSA) is 82.0 Å². The molecule has 1 aromatic rings.